The van der Waals surface area contributed by atoms with Gasteiger partial charge in [-0.3, -0.25) is 5.10 Å². The van der Waals surface area contributed by atoms with E-state index in [-0.39, 0.29) is 10.7 Å². The lowest BCUT2D eigenvalue weighted by atomic mass is 10.2. The Labute approximate surface area is 72.3 Å². The minimum absolute atomic E-state index is 0.00394. The van der Waals surface area contributed by atoms with Crippen LogP contribution in [-0.4, -0.2) is 10.2 Å². The molecule has 2 aromatic rings. The smallest absolute Gasteiger partial charge is 0.165 e. The first kappa shape index (κ1) is 7.36. The van der Waals surface area contributed by atoms with Gasteiger partial charge in [-0.05, 0) is 6.07 Å². The van der Waals surface area contributed by atoms with Crippen molar-refractivity contribution in [3.05, 3.63) is 23.1 Å². The number of aromatic nitrogens is 2. The van der Waals surface area contributed by atoms with Gasteiger partial charge in [0.05, 0.1) is 22.4 Å². The molecule has 0 radical (unpaired) electrons. The van der Waals surface area contributed by atoms with Gasteiger partial charge >= 0.3 is 0 Å². The third-order valence-corrected chi connectivity index (χ3v) is 1.95. The van der Waals surface area contributed by atoms with Crippen LogP contribution >= 0.6 is 11.6 Å². The Kier molecular flexibility index (Phi) is 1.44. The number of benzene rings is 1. The molecular formula is C7H5ClFN3. The molecule has 2 rings (SSSR count). The Bertz CT molecular complexity index is 437. The van der Waals surface area contributed by atoms with Crippen LogP contribution in [0.15, 0.2) is 12.3 Å². The fraction of sp³-hybridized carbons (Fsp3) is 0. The summed E-state index contributed by atoms with van der Waals surface area (Å²) in [6.45, 7) is 0. The molecule has 0 amide bonds. The molecule has 1 heterocycles. The molecule has 0 unspecified atom stereocenters. The van der Waals surface area contributed by atoms with Gasteiger partial charge in [-0.25, -0.2) is 4.39 Å². The van der Waals surface area contributed by atoms with E-state index in [1.165, 1.54) is 12.3 Å². The van der Waals surface area contributed by atoms with E-state index in [0.717, 1.165) is 0 Å². The second kappa shape index (κ2) is 2.35. The average molecular weight is 186 g/mol. The number of H-pyrrole nitrogens is 1. The maximum atomic E-state index is 13.0. The number of halogens is 2. The van der Waals surface area contributed by atoms with Crippen molar-refractivity contribution in [2.45, 2.75) is 0 Å². The van der Waals surface area contributed by atoms with Gasteiger partial charge in [0.2, 0.25) is 0 Å². The molecule has 0 aliphatic rings. The van der Waals surface area contributed by atoms with Crippen molar-refractivity contribution in [3.63, 3.8) is 0 Å². The monoisotopic (exact) mass is 185 g/mol. The van der Waals surface area contributed by atoms with Gasteiger partial charge in [0, 0.05) is 5.39 Å². The number of nitrogens with one attached hydrogen (secondary N) is 1. The van der Waals surface area contributed by atoms with Crippen LogP contribution in [0.1, 0.15) is 0 Å². The van der Waals surface area contributed by atoms with Crippen LogP contribution in [0, 0.1) is 5.82 Å². The zero-order valence-electron chi connectivity index (χ0n) is 5.94. The van der Waals surface area contributed by atoms with E-state index >= 15 is 0 Å². The Morgan fingerprint density at radius 3 is 3.08 bits per heavy atom. The standard InChI is InChI=1S/C7H5ClFN3/c8-4-1-5-3(2-11-12-5)7(10)6(4)9/h1-2H,10H2,(H,11,12). The summed E-state index contributed by atoms with van der Waals surface area (Å²) in [5.41, 5.74) is 6.12. The van der Waals surface area contributed by atoms with Crippen LogP contribution in [0.5, 0.6) is 0 Å². The van der Waals surface area contributed by atoms with Crippen molar-refractivity contribution in [1.82, 2.24) is 10.2 Å². The lowest BCUT2D eigenvalue weighted by Crippen LogP contribution is -1.91. The van der Waals surface area contributed by atoms with Crippen LogP contribution in [-0.2, 0) is 0 Å². The number of hydrogen-bond donors (Lipinski definition) is 2. The number of fused-ring (bicyclic) bond motifs is 1. The minimum atomic E-state index is -0.592. The average Bonchev–Trinajstić information content (AvgIpc) is 2.48. The largest absolute Gasteiger partial charge is 0.396 e. The maximum absolute atomic E-state index is 13.0. The Morgan fingerprint density at radius 2 is 2.33 bits per heavy atom. The number of rotatable bonds is 0. The summed E-state index contributed by atoms with van der Waals surface area (Å²) in [4.78, 5) is 0. The summed E-state index contributed by atoms with van der Waals surface area (Å²) in [6, 6.07) is 1.45. The first-order valence-electron chi connectivity index (χ1n) is 3.26. The number of anilines is 1. The molecule has 62 valence electrons. The molecule has 3 nitrogen and oxygen atoms in total. The van der Waals surface area contributed by atoms with Gasteiger partial charge in [0.1, 0.15) is 0 Å². The fourth-order valence-corrected chi connectivity index (χ4v) is 1.27. The van der Waals surface area contributed by atoms with E-state index in [4.69, 9.17) is 17.3 Å². The highest BCUT2D eigenvalue weighted by Gasteiger charge is 2.09. The highest BCUT2D eigenvalue weighted by molar-refractivity contribution is 6.32. The second-order valence-electron chi connectivity index (χ2n) is 2.42. The lowest BCUT2D eigenvalue weighted by Gasteiger charge is -1.99. The Balaban J connectivity index is 2.94. The quantitative estimate of drug-likeness (QED) is 0.617. The summed E-state index contributed by atoms with van der Waals surface area (Å²) < 4.78 is 13.0. The molecule has 0 saturated heterocycles. The number of nitrogens with zero attached hydrogens (tertiary/aromatic N) is 1. The normalized spacial score (nSPS) is 10.8. The van der Waals surface area contributed by atoms with Crippen molar-refractivity contribution in [3.8, 4) is 0 Å². The fourth-order valence-electron chi connectivity index (χ4n) is 1.06. The van der Waals surface area contributed by atoms with Gasteiger partial charge in [-0.2, -0.15) is 5.10 Å². The highest BCUT2D eigenvalue weighted by atomic mass is 35.5. The highest BCUT2D eigenvalue weighted by Crippen LogP contribution is 2.28. The molecule has 5 heteroatoms. The van der Waals surface area contributed by atoms with E-state index in [0.29, 0.717) is 10.9 Å². The third-order valence-electron chi connectivity index (χ3n) is 1.68. The van der Waals surface area contributed by atoms with Crippen LogP contribution in [0.3, 0.4) is 0 Å². The molecule has 0 fully saturated rings. The molecule has 0 atom stereocenters. The predicted molar refractivity (Wildman–Crippen MR) is 45.5 cm³/mol. The molecule has 1 aromatic heterocycles. The van der Waals surface area contributed by atoms with Crippen LogP contribution < -0.4 is 5.73 Å². The summed E-state index contributed by atoms with van der Waals surface area (Å²) in [5, 5.41) is 6.92. The maximum Gasteiger partial charge on any atom is 0.165 e. The van der Waals surface area contributed by atoms with E-state index in [1.54, 1.807) is 0 Å². The van der Waals surface area contributed by atoms with Gasteiger partial charge in [-0.1, -0.05) is 11.6 Å². The minimum Gasteiger partial charge on any atom is -0.396 e. The van der Waals surface area contributed by atoms with Crippen molar-refractivity contribution in [2.24, 2.45) is 0 Å². The molecule has 0 aliphatic heterocycles. The van der Waals surface area contributed by atoms with Crippen molar-refractivity contribution >= 4 is 28.2 Å². The zero-order chi connectivity index (χ0) is 8.72. The summed E-state index contributed by atoms with van der Waals surface area (Å²) in [5.74, 6) is -0.592. The van der Waals surface area contributed by atoms with Crippen molar-refractivity contribution in [1.29, 1.82) is 0 Å². The molecule has 0 bridgehead atoms. The molecule has 3 N–H and O–H groups in total. The second-order valence-corrected chi connectivity index (χ2v) is 2.82. The first-order valence-corrected chi connectivity index (χ1v) is 3.64. The van der Waals surface area contributed by atoms with E-state index in [9.17, 15) is 4.39 Å². The molecular weight excluding hydrogens is 181 g/mol. The predicted octanol–water partition coefficient (Wildman–Crippen LogP) is 1.94. The number of nitrogens with two attached hydrogens (primary N) is 1. The van der Waals surface area contributed by atoms with Gasteiger partial charge in [0.25, 0.3) is 0 Å². The lowest BCUT2D eigenvalue weighted by molar-refractivity contribution is 0.634. The van der Waals surface area contributed by atoms with E-state index in [1.807, 2.05) is 0 Å². The van der Waals surface area contributed by atoms with Crippen LogP contribution in [0.2, 0.25) is 5.02 Å². The zero-order valence-corrected chi connectivity index (χ0v) is 6.69. The molecule has 0 spiro atoms. The van der Waals surface area contributed by atoms with Gasteiger partial charge in [-0.15, -0.1) is 0 Å². The molecule has 12 heavy (non-hydrogen) atoms. The third kappa shape index (κ3) is 0.848. The first-order chi connectivity index (χ1) is 5.70. The van der Waals surface area contributed by atoms with Crippen LogP contribution in [0.25, 0.3) is 10.9 Å². The topological polar surface area (TPSA) is 54.7 Å². The number of hydrogen-bond acceptors (Lipinski definition) is 2. The molecule has 0 aliphatic carbocycles. The van der Waals surface area contributed by atoms with Gasteiger partial charge < -0.3 is 5.73 Å². The number of nitrogen functional groups attached to an aromatic ring is 1. The summed E-state index contributed by atoms with van der Waals surface area (Å²) in [6.07, 6.45) is 1.46. The van der Waals surface area contributed by atoms with E-state index in [2.05, 4.69) is 10.2 Å². The Hall–Kier alpha value is -1.29. The van der Waals surface area contributed by atoms with E-state index < -0.39 is 5.82 Å². The van der Waals surface area contributed by atoms with Crippen molar-refractivity contribution in [2.75, 3.05) is 5.73 Å². The molecule has 0 saturated carbocycles. The number of aromatic amines is 1. The van der Waals surface area contributed by atoms with Gasteiger partial charge in [0.15, 0.2) is 5.82 Å². The SMILES string of the molecule is Nc1c(F)c(Cl)cc2[nH]ncc12. The summed E-state index contributed by atoms with van der Waals surface area (Å²) >= 11 is 5.55. The van der Waals surface area contributed by atoms with Crippen LogP contribution in [0.4, 0.5) is 10.1 Å². The Morgan fingerprint density at radius 1 is 1.58 bits per heavy atom. The van der Waals surface area contributed by atoms with Crippen molar-refractivity contribution < 1.29 is 4.39 Å². The molecule has 1 aromatic carbocycles. The summed E-state index contributed by atoms with van der Waals surface area (Å²) in [7, 11) is 0.